The molecule has 1 N–H and O–H groups in total. The van der Waals surface area contributed by atoms with Gasteiger partial charge in [-0.05, 0) is 12.1 Å². The van der Waals surface area contributed by atoms with E-state index in [2.05, 4.69) is 9.97 Å². The van der Waals surface area contributed by atoms with Gasteiger partial charge < -0.3 is 14.8 Å². The Labute approximate surface area is 146 Å². The molecule has 0 atom stereocenters. The topological polar surface area (TPSA) is 86.4 Å². The molecular formula is C17H20N4O3S. The van der Waals surface area contributed by atoms with Crippen molar-refractivity contribution in [3.05, 3.63) is 47.5 Å². The van der Waals surface area contributed by atoms with E-state index in [9.17, 15) is 13.2 Å². The first-order chi connectivity index (χ1) is 12.0. The van der Waals surface area contributed by atoms with Crippen molar-refractivity contribution in [1.29, 1.82) is 0 Å². The zero-order valence-corrected chi connectivity index (χ0v) is 14.6. The monoisotopic (exact) mass is 360 g/mol. The van der Waals surface area contributed by atoms with E-state index in [4.69, 9.17) is 0 Å². The van der Waals surface area contributed by atoms with Crippen LogP contribution in [0.15, 0.2) is 30.6 Å². The van der Waals surface area contributed by atoms with Crippen LogP contribution in [-0.2, 0) is 22.8 Å². The van der Waals surface area contributed by atoms with E-state index in [1.165, 1.54) is 0 Å². The van der Waals surface area contributed by atoms with Crippen LogP contribution in [0, 0.1) is 0 Å². The summed E-state index contributed by atoms with van der Waals surface area (Å²) >= 11 is 0. The number of hydrogen-bond donors (Lipinski definition) is 1. The van der Waals surface area contributed by atoms with Gasteiger partial charge in [-0.25, -0.2) is 13.4 Å². The van der Waals surface area contributed by atoms with Gasteiger partial charge >= 0.3 is 0 Å². The molecule has 0 bridgehead atoms. The first-order valence-corrected chi connectivity index (χ1v) is 10.2. The standard InChI is InChI=1S/C17H20N4O3S/c22-17(21-6-5-14-15(11-21)19-12-18-14)13-3-1-2-4-16(13)20-7-9-25(23,24)10-8-20/h1-4,12H,5-11H2,(H,18,19). The van der Waals surface area contributed by atoms with Crippen LogP contribution in [0.1, 0.15) is 21.7 Å². The molecule has 1 aromatic carbocycles. The lowest BCUT2D eigenvalue weighted by Crippen LogP contribution is -2.42. The summed E-state index contributed by atoms with van der Waals surface area (Å²) in [6.45, 7) is 2.02. The fourth-order valence-electron chi connectivity index (χ4n) is 3.44. The number of benzene rings is 1. The maximum absolute atomic E-state index is 13.1. The smallest absolute Gasteiger partial charge is 0.256 e. The number of anilines is 1. The number of aromatic amines is 1. The molecule has 1 aromatic heterocycles. The van der Waals surface area contributed by atoms with Crippen LogP contribution in [-0.4, -0.2) is 60.3 Å². The Hall–Kier alpha value is -2.35. The Morgan fingerprint density at radius 1 is 1.12 bits per heavy atom. The summed E-state index contributed by atoms with van der Waals surface area (Å²) in [5.74, 6) is 0.248. The summed E-state index contributed by atoms with van der Waals surface area (Å²) in [6.07, 6.45) is 2.41. The summed E-state index contributed by atoms with van der Waals surface area (Å²) in [4.78, 5) is 24.3. The minimum atomic E-state index is -2.95. The molecule has 1 fully saturated rings. The van der Waals surface area contributed by atoms with E-state index in [1.807, 2.05) is 34.1 Å². The second-order valence-corrected chi connectivity index (χ2v) is 8.76. The van der Waals surface area contributed by atoms with Crippen LogP contribution in [0.5, 0.6) is 0 Å². The number of hydrogen-bond acceptors (Lipinski definition) is 5. The van der Waals surface area contributed by atoms with Crippen molar-refractivity contribution < 1.29 is 13.2 Å². The molecule has 3 heterocycles. The summed E-state index contributed by atoms with van der Waals surface area (Å²) in [7, 11) is -2.95. The molecule has 0 radical (unpaired) electrons. The molecule has 0 aliphatic carbocycles. The second-order valence-electron chi connectivity index (χ2n) is 6.46. The van der Waals surface area contributed by atoms with E-state index in [0.717, 1.165) is 23.5 Å². The number of sulfone groups is 1. The van der Waals surface area contributed by atoms with Crippen LogP contribution in [0.25, 0.3) is 0 Å². The second kappa shape index (κ2) is 6.18. The molecule has 8 heteroatoms. The zero-order valence-electron chi connectivity index (χ0n) is 13.8. The van der Waals surface area contributed by atoms with Crippen molar-refractivity contribution in [3.8, 4) is 0 Å². The minimum Gasteiger partial charge on any atom is -0.369 e. The summed E-state index contributed by atoms with van der Waals surface area (Å²) in [6, 6.07) is 7.46. The summed E-state index contributed by atoms with van der Waals surface area (Å²) in [5, 5.41) is 0. The quantitative estimate of drug-likeness (QED) is 0.858. The van der Waals surface area contributed by atoms with Crippen LogP contribution >= 0.6 is 0 Å². The van der Waals surface area contributed by atoms with Crippen LogP contribution < -0.4 is 4.90 Å². The van der Waals surface area contributed by atoms with Crippen molar-refractivity contribution in [2.24, 2.45) is 0 Å². The highest BCUT2D eigenvalue weighted by atomic mass is 32.2. The lowest BCUT2D eigenvalue weighted by Gasteiger charge is -2.32. The normalized spacial score (nSPS) is 19.5. The third-order valence-corrected chi connectivity index (χ3v) is 6.49. The Balaban J connectivity index is 1.58. The van der Waals surface area contributed by atoms with Gasteiger partial charge in [0, 0.05) is 31.7 Å². The predicted molar refractivity (Wildman–Crippen MR) is 94.3 cm³/mol. The van der Waals surface area contributed by atoms with E-state index in [1.54, 1.807) is 6.33 Å². The van der Waals surface area contributed by atoms with Crippen LogP contribution in [0.4, 0.5) is 5.69 Å². The number of carbonyl (C=O) groups is 1. The number of para-hydroxylation sites is 1. The molecule has 25 heavy (non-hydrogen) atoms. The molecule has 0 unspecified atom stereocenters. The lowest BCUT2D eigenvalue weighted by molar-refractivity contribution is 0.0732. The number of carbonyl (C=O) groups excluding carboxylic acids is 1. The van der Waals surface area contributed by atoms with E-state index < -0.39 is 9.84 Å². The predicted octanol–water partition coefficient (Wildman–Crippen LogP) is 0.843. The molecule has 0 saturated carbocycles. The van der Waals surface area contributed by atoms with Gasteiger partial charge in [0.05, 0.1) is 41.3 Å². The van der Waals surface area contributed by atoms with Crippen molar-refractivity contribution in [3.63, 3.8) is 0 Å². The van der Waals surface area contributed by atoms with Gasteiger partial charge in [-0.3, -0.25) is 4.79 Å². The van der Waals surface area contributed by atoms with Crippen molar-refractivity contribution >= 4 is 21.4 Å². The fourth-order valence-corrected chi connectivity index (χ4v) is 4.64. The van der Waals surface area contributed by atoms with E-state index in [0.29, 0.717) is 31.7 Å². The molecule has 7 nitrogen and oxygen atoms in total. The maximum atomic E-state index is 13.1. The Bertz CT molecular complexity index is 892. The number of nitrogens with one attached hydrogen (secondary N) is 1. The van der Waals surface area contributed by atoms with Gasteiger partial charge in [-0.1, -0.05) is 12.1 Å². The average molecular weight is 360 g/mol. The van der Waals surface area contributed by atoms with E-state index >= 15 is 0 Å². The van der Waals surface area contributed by atoms with Gasteiger partial charge in [0.2, 0.25) is 0 Å². The molecular weight excluding hydrogens is 340 g/mol. The molecule has 1 amide bonds. The average Bonchev–Trinajstić information content (AvgIpc) is 3.09. The Morgan fingerprint density at radius 3 is 2.68 bits per heavy atom. The molecule has 4 rings (SSSR count). The Kier molecular flexibility index (Phi) is 3.99. The molecule has 1 saturated heterocycles. The first kappa shape index (κ1) is 16.1. The van der Waals surface area contributed by atoms with E-state index in [-0.39, 0.29) is 17.4 Å². The molecule has 2 aliphatic rings. The maximum Gasteiger partial charge on any atom is 0.256 e. The summed E-state index contributed by atoms with van der Waals surface area (Å²) in [5.41, 5.74) is 3.46. The van der Waals surface area contributed by atoms with Gasteiger partial charge in [-0.2, -0.15) is 0 Å². The van der Waals surface area contributed by atoms with Crippen LogP contribution in [0.3, 0.4) is 0 Å². The number of rotatable bonds is 2. The highest BCUT2D eigenvalue weighted by Crippen LogP contribution is 2.26. The third kappa shape index (κ3) is 3.13. The fraction of sp³-hybridized carbons (Fsp3) is 0.412. The number of aromatic nitrogens is 2. The number of imidazole rings is 1. The van der Waals surface area contributed by atoms with Gasteiger partial charge in [0.1, 0.15) is 0 Å². The largest absolute Gasteiger partial charge is 0.369 e. The SMILES string of the molecule is O=C(c1ccccc1N1CCS(=O)(=O)CC1)N1CCc2nc[nH]c2C1. The van der Waals surface area contributed by atoms with Gasteiger partial charge in [-0.15, -0.1) is 0 Å². The minimum absolute atomic E-state index is 0.0238. The van der Waals surface area contributed by atoms with Gasteiger partial charge in [0.25, 0.3) is 5.91 Å². The van der Waals surface area contributed by atoms with Crippen molar-refractivity contribution in [2.45, 2.75) is 13.0 Å². The lowest BCUT2D eigenvalue weighted by atomic mass is 10.1. The number of amides is 1. The zero-order chi connectivity index (χ0) is 17.4. The highest BCUT2D eigenvalue weighted by molar-refractivity contribution is 7.91. The van der Waals surface area contributed by atoms with Gasteiger partial charge in [0.15, 0.2) is 9.84 Å². The Morgan fingerprint density at radius 2 is 1.88 bits per heavy atom. The molecule has 0 spiro atoms. The van der Waals surface area contributed by atoms with Crippen LogP contribution in [0.2, 0.25) is 0 Å². The number of H-pyrrole nitrogens is 1. The number of fused-ring (bicyclic) bond motifs is 1. The molecule has 132 valence electrons. The number of nitrogens with zero attached hydrogens (tertiary/aromatic N) is 3. The third-order valence-electron chi connectivity index (χ3n) is 4.88. The molecule has 2 aliphatic heterocycles. The first-order valence-electron chi connectivity index (χ1n) is 8.38. The highest BCUT2D eigenvalue weighted by Gasteiger charge is 2.28. The summed E-state index contributed by atoms with van der Waals surface area (Å²) < 4.78 is 23.3. The van der Waals surface area contributed by atoms with Crippen molar-refractivity contribution in [2.75, 3.05) is 36.0 Å². The molecule has 2 aromatic rings. The van der Waals surface area contributed by atoms with Crippen molar-refractivity contribution in [1.82, 2.24) is 14.9 Å².